The first kappa shape index (κ1) is 16.9. The number of amides is 1. The van der Waals surface area contributed by atoms with E-state index < -0.39 is 0 Å². The van der Waals surface area contributed by atoms with E-state index in [2.05, 4.69) is 20.2 Å². The number of para-hydroxylation sites is 2. The highest BCUT2D eigenvalue weighted by molar-refractivity contribution is 6.31. The Bertz CT molecular complexity index is 897. The summed E-state index contributed by atoms with van der Waals surface area (Å²) in [4.78, 5) is 22.5. The van der Waals surface area contributed by atoms with Crippen molar-refractivity contribution in [2.24, 2.45) is 0 Å². The first-order valence-electron chi connectivity index (χ1n) is 8.97. The molecule has 2 aromatic carbocycles. The van der Waals surface area contributed by atoms with Crippen LogP contribution in [0.2, 0.25) is 5.02 Å². The number of hydrogen-bond donors (Lipinski definition) is 2. The number of benzene rings is 2. The highest BCUT2D eigenvalue weighted by Gasteiger charge is 2.17. The molecule has 1 fully saturated rings. The fraction of sp³-hybridized carbons (Fsp3) is 0.300. The van der Waals surface area contributed by atoms with E-state index in [0.717, 1.165) is 41.3 Å². The van der Waals surface area contributed by atoms with Crippen molar-refractivity contribution in [3.05, 3.63) is 53.3 Å². The van der Waals surface area contributed by atoms with Crippen molar-refractivity contribution < 1.29 is 4.79 Å². The summed E-state index contributed by atoms with van der Waals surface area (Å²) in [5.41, 5.74) is 3.75. The van der Waals surface area contributed by atoms with E-state index in [1.165, 1.54) is 12.8 Å². The Morgan fingerprint density at radius 3 is 2.81 bits per heavy atom. The van der Waals surface area contributed by atoms with E-state index in [1.807, 2.05) is 42.5 Å². The molecule has 1 aliphatic rings. The predicted molar refractivity (Wildman–Crippen MR) is 106 cm³/mol. The van der Waals surface area contributed by atoms with Gasteiger partial charge in [-0.05, 0) is 43.2 Å². The summed E-state index contributed by atoms with van der Waals surface area (Å²) in [7, 11) is 0. The Labute approximate surface area is 157 Å². The quantitative estimate of drug-likeness (QED) is 0.702. The summed E-state index contributed by atoms with van der Waals surface area (Å²) >= 11 is 6.14. The zero-order valence-electron chi connectivity index (χ0n) is 14.5. The summed E-state index contributed by atoms with van der Waals surface area (Å²) in [6.45, 7) is 2.03. The molecule has 3 aromatic rings. The number of fused-ring (bicyclic) bond motifs is 1. The fourth-order valence-electron chi connectivity index (χ4n) is 3.41. The van der Waals surface area contributed by atoms with Crippen LogP contribution in [0.1, 0.15) is 25.1 Å². The lowest BCUT2D eigenvalue weighted by Crippen LogP contribution is -2.21. The van der Waals surface area contributed by atoms with E-state index in [0.29, 0.717) is 17.9 Å². The third-order valence-electron chi connectivity index (χ3n) is 4.71. The van der Waals surface area contributed by atoms with Gasteiger partial charge in [0.2, 0.25) is 5.91 Å². The van der Waals surface area contributed by atoms with Gasteiger partial charge < -0.3 is 15.2 Å². The standard InChI is InChI=1S/C20H21ClN4O/c21-14-7-8-18(25-11-3-4-12-25)17(13-14)24-20(26)10-9-19-22-15-5-1-2-6-16(15)23-19/h1-2,5-8,13H,3-4,9-12H2,(H,22,23)(H,24,26). The number of carbonyl (C=O) groups is 1. The lowest BCUT2D eigenvalue weighted by molar-refractivity contribution is -0.116. The van der Waals surface area contributed by atoms with Crippen LogP contribution in [0.4, 0.5) is 11.4 Å². The van der Waals surface area contributed by atoms with Gasteiger partial charge >= 0.3 is 0 Å². The second-order valence-corrected chi connectivity index (χ2v) is 7.04. The Kier molecular flexibility index (Phi) is 4.80. The van der Waals surface area contributed by atoms with E-state index in [4.69, 9.17) is 11.6 Å². The van der Waals surface area contributed by atoms with Crippen LogP contribution < -0.4 is 10.2 Å². The molecule has 0 unspecified atom stereocenters. The van der Waals surface area contributed by atoms with Crippen LogP contribution in [-0.2, 0) is 11.2 Å². The third kappa shape index (κ3) is 3.68. The lowest BCUT2D eigenvalue weighted by Gasteiger charge is -2.21. The number of hydrogen-bond acceptors (Lipinski definition) is 3. The van der Waals surface area contributed by atoms with Gasteiger partial charge in [0.15, 0.2) is 0 Å². The summed E-state index contributed by atoms with van der Waals surface area (Å²) in [5, 5.41) is 3.65. The SMILES string of the molecule is O=C(CCc1nc2ccccc2[nH]1)Nc1cc(Cl)ccc1N1CCCC1. The molecule has 1 aromatic heterocycles. The molecule has 134 valence electrons. The maximum absolute atomic E-state index is 12.5. The highest BCUT2D eigenvalue weighted by atomic mass is 35.5. The molecule has 2 N–H and O–H groups in total. The van der Waals surface area contributed by atoms with Gasteiger partial charge in [0.05, 0.1) is 22.4 Å². The summed E-state index contributed by atoms with van der Waals surface area (Å²) in [5.74, 6) is 0.792. The number of nitrogens with one attached hydrogen (secondary N) is 2. The minimum Gasteiger partial charge on any atom is -0.370 e. The first-order chi connectivity index (χ1) is 12.7. The molecule has 4 rings (SSSR count). The number of nitrogens with zero attached hydrogens (tertiary/aromatic N) is 2. The number of halogens is 1. The maximum atomic E-state index is 12.5. The monoisotopic (exact) mass is 368 g/mol. The Morgan fingerprint density at radius 2 is 2.00 bits per heavy atom. The molecule has 1 saturated heterocycles. The molecule has 5 nitrogen and oxygen atoms in total. The Morgan fingerprint density at radius 1 is 1.19 bits per heavy atom. The summed E-state index contributed by atoms with van der Waals surface area (Å²) in [6.07, 6.45) is 3.30. The summed E-state index contributed by atoms with van der Waals surface area (Å²) in [6, 6.07) is 13.6. The molecule has 0 radical (unpaired) electrons. The van der Waals surface area contributed by atoms with Crippen LogP contribution in [0.5, 0.6) is 0 Å². The zero-order valence-corrected chi connectivity index (χ0v) is 15.2. The normalized spacial score (nSPS) is 14.1. The van der Waals surface area contributed by atoms with Gasteiger partial charge in [-0.1, -0.05) is 23.7 Å². The molecule has 0 spiro atoms. The van der Waals surface area contributed by atoms with E-state index in [-0.39, 0.29) is 5.91 Å². The number of aryl methyl sites for hydroxylation is 1. The third-order valence-corrected chi connectivity index (χ3v) is 4.94. The number of aromatic amines is 1. The fourth-order valence-corrected chi connectivity index (χ4v) is 3.58. The number of H-pyrrole nitrogens is 1. The molecule has 0 aliphatic carbocycles. The molecule has 1 amide bonds. The van der Waals surface area contributed by atoms with Crippen molar-refractivity contribution in [2.75, 3.05) is 23.3 Å². The first-order valence-corrected chi connectivity index (χ1v) is 9.35. The topological polar surface area (TPSA) is 61.0 Å². The number of rotatable bonds is 5. The largest absolute Gasteiger partial charge is 0.370 e. The molecule has 0 bridgehead atoms. The van der Waals surface area contributed by atoms with Crippen molar-refractivity contribution in [1.29, 1.82) is 0 Å². The molecule has 26 heavy (non-hydrogen) atoms. The van der Waals surface area contributed by atoms with Crippen LogP contribution in [-0.4, -0.2) is 29.0 Å². The van der Waals surface area contributed by atoms with Crippen LogP contribution >= 0.6 is 11.6 Å². The molecular formula is C20H21ClN4O. The van der Waals surface area contributed by atoms with Gasteiger partial charge in [0.1, 0.15) is 5.82 Å². The minimum absolute atomic E-state index is 0.0341. The second-order valence-electron chi connectivity index (χ2n) is 6.60. The summed E-state index contributed by atoms with van der Waals surface area (Å²) < 4.78 is 0. The molecule has 0 atom stereocenters. The van der Waals surface area contributed by atoms with Crippen molar-refractivity contribution in [2.45, 2.75) is 25.7 Å². The highest BCUT2D eigenvalue weighted by Crippen LogP contribution is 2.31. The predicted octanol–water partition coefficient (Wildman–Crippen LogP) is 4.39. The molecule has 6 heteroatoms. The second kappa shape index (κ2) is 7.38. The smallest absolute Gasteiger partial charge is 0.224 e. The minimum atomic E-state index is -0.0341. The maximum Gasteiger partial charge on any atom is 0.224 e. The van der Waals surface area contributed by atoms with E-state index in [9.17, 15) is 4.79 Å². The van der Waals surface area contributed by atoms with Crippen LogP contribution in [0.25, 0.3) is 11.0 Å². The van der Waals surface area contributed by atoms with Gasteiger partial charge in [0.25, 0.3) is 0 Å². The van der Waals surface area contributed by atoms with Crippen molar-refractivity contribution in [1.82, 2.24) is 9.97 Å². The molecular weight excluding hydrogens is 348 g/mol. The Hall–Kier alpha value is -2.53. The van der Waals surface area contributed by atoms with Crippen LogP contribution in [0.3, 0.4) is 0 Å². The van der Waals surface area contributed by atoms with Crippen LogP contribution in [0, 0.1) is 0 Å². The molecule has 0 saturated carbocycles. The number of imidazole rings is 1. The van der Waals surface area contributed by atoms with E-state index >= 15 is 0 Å². The molecule has 1 aliphatic heterocycles. The van der Waals surface area contributed by atoms with Crippen LogP contribution in [0.15, 0.2) is 42.5 Å². The van der Waals surface area contributed by atoms with Gasteiger partial charge in [-0.2, -0.15) is 0 Å². The number of aromatic nitrogens is 2. The lowest BCUT2D eigenvalue weighted by atomic mass is 10.2. The number of anilines is 2. The molecule has 2 heterocycles. The average Bonchev–Trinajstić information content (AvgIpc) is 3.29. The average molecular weight is 369 g/mol. The zero-order chi connectivity index (χ0) is 17.9. The van der Waals surface area contributed by atoms with Gasteiger partial charge in [-0.15, -0.1) is 0 Å². The van der Waals surface area contributed by atoms with Gasteiger partial charge in [-0.25, -0.2) is 4.98 Å². The van der Waals surface area contributed by atoms with Crippen molar-refractivity contribution >= 4 is 39.9 Å². The van der Waals surface area contributed by atoms with Crippen molar-refractivity contribution in [3.8, 4) is 0 Å². The van der Waals surface area contributed by atoms with Gasteiger partial charge in [0, 0.05) is 31.0 Å². The Balaban J connectivity index is 1.43. The van der Waals surface area contributed by atoms with Crippen molar-refractivity contribution in [3.63, 3.8) is 0 Å². The van der Waals surface area contributed by atoms with E-state index in [1.54, 1.807) is 0 Å². The number of carbonyl (C=O) groups excluding carboxylic acids is 1. The van der Waals surface area contributed by atoms with Gasteiger partial charge in [-0.3, -0.25) is 4.79 Å².